The molecule has 0 bridgehead atoms. The van der Waals surface area contributed by atoms with Gasteiger partial charge in [0.15, 0.2) is 0 Å². The molecular weight excluding hydrogens is 248 g/mol. The molecule has 0 spiro atoms. The van der Waals surface area contributed by atoms with Gasteiger partial charge >= 0.3 is 0 Å². The van der Waals surface area contributed by atoms with Gasteiger partial charge in [0.2, 0.25) is 0 Å². The SMILES string of the molecule is NCC1CCN(Cc2ccc(-n3ccnc3)cc2)CC1. The van der Waals surface area contributed by atoms with Crippen molar-refractivity contribution in [1.82, 2.24) is 14.5 Å². The molecule has 1 aliphatic rings. The molecule has 20 heavy (non-hydrogen) atoms. The number of hydrogen-bond acceptors (Lipinski definition) is 3. The Morgan fingerprint density at radius 1 is 1.15 bits per heavy atom. The normalized spacial score (nSPS) is 17.4. The molecule has 106 valence electrons. The molecule has 0 amide bonds. The van der Waals surface area contributed by atoms with Crippen LogP contribution < -0.4 is 5.73 Å². The van der Waals surface area contributed by atoms with Gasteiger partial charge in [0, 0.05) is 24.6 Å². The summed E-state index contributed by atoms with van der Waals surface area (Å²) in [5.41, 5.74) is 8.27. The van der Waals surface area contributed by atoms with Crippen molar-refractivity contribution in [2.45, 2.75) is 19.4 Å². The van der Waals surface area contributed by atoms with Gasteiger partial charge in [-0.15, -0.1) is 0 Å². The average molecular weight is 270 g/mol. The molecule has 0 radical (unpaired) electrons. The van der Waals surface area contributed by atoms with Crippen LogP contribution in [0.1, 0.15) is 18.4 Å². The Labute approximate surface area is 120 Å². The van der Waals surface area contributed by atoms with Crippen molar-refractivity contribution < 1.29 is 0 Å². The second kappa shape index (κ2) is 6.20. The first kappa shape index (κ1) is 13.3. The highest BCUT2D eigenvalue weighted by atomic mass is 15.1. The first-order valence-corrected chi connectivity index (χ1v) is 7.35. The molecule has 0 atom stereocenters. The molecule has 1 aliphatic heterocycles. The lowest BCUT2D eigenvalue weighted by Crippen LogP contribution is -2.35. The number of nitrogens with two attached hydrogens (primary N) is 1. The Balaban J connectivity index is 1.59. The first-order valence-electron chi connectivity index (χ1n) is 7.35. The third kappa shape index (κ3) is 3.08. The Bertz CT molecular complexity index is 510. The Morgan fingerprint density at radius 2 is 1.90 bits per heavy atom. The van der Waals surface area contributed by atoms with E-state index in [1.165, 1.54) is 31.5 Å². The van der Waals surface area contributed by atoms with Gasteiger partial charge in [-0.05, 0) is 56.1 Å². The summed E-state index contributed by atoms with van der Waals surface area (Å²) in [4.78, 5) is 6.60. The second-order valence-corrected chi connectivity index (χ2v) is 5.59. The first-order chi connectivity index (χ1) is 9.85. The number of aromatic nitrogens is 2. The Kier molecular flexibility index (Phi) is 4.14. The second-order valence-electron chi connectivity index (χ2n) is 5.59. The fourth-order valence-electron chi connectivity index (χ4n) is 2.82. The quantitative estimate of drug-likeness (QED) is 0.925. The van der Waals surface area contributed by atoms with E-state index >= 15 is 0 Å². The number of benzene rings is 1. The fourth-order valence-corrected chi connectivity index (χ4v) is 2.82. The summed E-state index contributed by atoms with van der Waals surface area (Å²) in [6.07, 6.45) is 8.07. The highest BCUT2D eigenvalue weighted by Crippen LogP contribution is 2.18. The summed E-state index contributed by atoms with van der Waals surface area (Å²) in [6.45, 7) is 4.23. The van der Waals surface area contributed by atoms with Crippen LogP contribution in [0.25, 0.3) is 5.69 Å². The maximum atomic E-state index is 5.74. The molecular formula is C16H22N4. The van der Waals surface area contributed by atoms with E-state index < -0.39 is 0 Å². The van der Waals surface area contributed by atoms with Crippen LogP contribution in [0.2, 0.25) is 0 Å². The predicted octanol–water partition coefficient (Wildman–Crippen LogP) is 2.04. The zero-order chi connectivity index (χ0) is 13.8. The van der Waals surface area contributed by atoms with Crippen LogP contribution in [0.4, 0.5) is 0 Å². The van der Waals surface area contributed by atoms with Crippen LogP contribution in [-0.2, 0) is 6.54 Å². The van der Waals surface area contributed by atoms with Gasteiger partial charge in [0.1, 0.15) is 0 Å². The van der Waals surface area contributed by atoms with E-state index in [1.54, 1.807) is 6.20 Å². The number of likely N-dealkylation sites (tertiary alicyclic amines) is 1. The van der Waals surface area contributed by atoms with Crippen LogP contribution in [-0.4, -0.2) is 34.1 Å². The Morgan fingerprint density at radius 3 is 2.50 bits per heavy atom. The van der Waals surface area contributed by atoms with Gasteiger partial charge in [-0.25, -0.2) is 4.98 Å². The summed E-state index contributed by atoms with van der Waals surface area (Å²) < 4.78 is 2.02. The summed E-state index contributed by atoms with van der Waals surface area (Å²) in [5, 5.41) is 0. The van der Waals surface area contributed by atoms with Crippen LogP contribution in [0, 0.1) is 5.92 Å². The minimum Gasteiger partial charge on any atom is -0.330 e. The monoisotopic (exact) mass is 270 g/mol. The van der Waals surface area contributed by atoms with Crippen LogP contribution in [0.15, 0.2) is 43.0 Å². The van der Waals surface area contributed by atoms with Gasteiger partial charge in [0.05, 0.1) is 6.33 Å². The average Bonchev–Trinajstić information content (AvgIpc) is 3.03. The van der Waals surface area contributed by atoms with Gasteiger partial charge in [0.25, 0.3) is 0 Å². The van der Waals surface area contributed by atoms with Crippen LogP contribution >= 0.6 is 0 Å². The lowest BCUT2D eigenvalue weighted by Gasteiger charge is -2.31. The molecule has 1 aromatic heterocycles. The molecule has 0 saturated carbocycles. The molecule has 2 aromatic rings. The van der Waals surface area contributed by atoms with Crippen molar-refractivity contribution in [1.29, 1.82) is 0 Å². The molecule has 1 aromatic carbocycles. The number of nitrogens with zero attached hydrogens (tertiary/aromatic N) is 3. The molecule has 2 heterocycles. The van der Waals surface area contributed by atoms with Gasteiger partial charge < -0.3 is 10.3 Å². The van der Waals surface area contributed by atoms with E-state index in [0.717, 1.165) is 24.7 Å². The smallest absolute Gasteiger partial charge is 0.0991 e. The summed E-state index contributed by atoms with van der Waals surface area (Å²) >= 11 is 0. The summed E-state index contributed by atoms with van der Waals surface area (Å²) in [7, 11) is 0. The fraction of sp³-hybridized carbons (Fsp3) is 0.438. The minimum absolute atomic E-state index is 0.731. The molecule has 1 saturated heterocycles. The topological polar surface area (TPSA) is 47.1 Å². The third-order valence-corrected chi connectivity index (χ3v) is 4.19. The van der Waals surface area contributed by atoms with Gasteiger partial charge in [-0.2, -0.15) is 0 Å². The van der Waals surface area contributed by atoms with E-state index in [4.69, 9.17) is 5.73 Å². The maximum Gasteiger partial charge on any atom is 0.0991 e. The van der Waals surface area contributed by atoms with E-state index in [-0.39, 0.29) is 0 Å². The number of hydrogen-bond donors (Lipinski definition) is 1. The lowest BCUT2D eigenvalue weighted by molar-refractivity contribution is 0.180. The molecule has 0 unspecified atom stereocenters. The molecule has 1 fully saturated rings. The molecule has 3 rings (SSSR count). The lowest BCUT2D eigenvalue weighted by atomic mass is 9.97. The van der Waals surface area contributed by atoms with Crippen molar-refractivity contribution in [3.8, 4) is 5.69 Å². The van der Waals surface area contributed by atoms with E-state index in [9.17, 15) is 0 Å². The zero-order valence-corrected chi connectivity index (χ0v) is 11.8. The van der Waals surface area contributed by atoms with Crippen molar-refractivity contribution in [2.24, 2.45) is 11.7 Å². The van der Waals surface area contributed by atoms with Gasteiger partial charge in [-0.1, -0.05) is 12.1 Å². The summed E-state index contributed by atoms with van der Waals surface area (Å²) in [5.74, 6) is 0.731. The molecule has 2 N–H and O–H groups in total. The molecule has 4 heteroatoms. The van der Waals surface area contributed by atoms with E-state index in [1.807, 2.05) is 17.1 Å². The van der Waals surface area contributed by atoms with E-state index in [0.29, 0.717) is 0 Å². The molecule has 4 nitrogen and oxygen atoms in total. The number of rotatable bonds is 4. The molecule has 0 aliphatic carbocycles. The third-order valence-electron chi connectivity index (χ3n) is 4.19. The van der Waals surface area contributed by atoms with Gasteiger partial charge in [-0.3, -0.25) is 4.90 Å². The number of piperidine rings is 1. The zero-order valence-electron chi connectivity index (χ0n) is 11.8. The largest absolute Gasteiger partial charge is 0.330 e. The van der Waals surface area contributed by atoms with Crippen molar-refractivity contribution in [3.05, 3.63) is 48.5 Å². The van der Waals surface area contributed by atoms with Crippen molar-refractivity contribution in [2.75, 3.05) is 19.6 Å². The standard InChI is InChI=1S/C16H22N4/c17-11-14-5-8-19(9-6-14)12-15-1-3-16(4-2-15)20-10-7-18-13-20/h1-4,7,10,13-14H,5-6,8-9,11-12,17H2. The van der Waals surface area contributed by atoms with E-state index in [2.05, 4.69) is 34.1 Å². The minimum atomic E-state index is 0.731. The van der Waals surface area contributed by atoms with Crippen LogP contribution in [0.5, 0.6) is 0 Å². The number of imidazole rings is 1. The highest BCUT2D eigenvalue weighted by Gasteiger charge is 2.17. The highest BCUT2D eigenvalue weighted by molar-refractivity contribution is 5.34. The maximum absolute atomic E-state index is 5.74. The van der Waals surface area contributed by atoms with Crippen molar-refractivity contribution >= 4 is 0 Å². The van der Waals surface area contributed by atoms with Crippen molar-refractivity contribution in [3.63, 3.8) is 0 Å². The summed E-state index contributed by atoms with van der Waals surface area (Å²) in [6, 6.07) is 8.74. The predicted molar refractivity (Wildman–Crippen MR) is 80.6 cm³/mol. The van der Waals surface area contributed by atoms with Crippen LogP contribution in [0.3, 0.4) is 0 Å². The Hall–Kier alpha value is -1.65.